The first kappa shape index (κ1) is 20.3. The lowest BCUT2D eigenvalue weighted by Crippen LogP contribution is -2.44. The van der Waals surface area contributed by atoms with E-state index in [0.717, 1.165) is 11.1 Å². The fraction of sp³-hybridized carbons (Fsp3) is 0.227. The number of aliphatic imine (C=N–C) groups is 1. The molecule has 3 rings (SSSR count). The fourth-order valence-electron chi connectivity index (χ4n) is 2.67. The molecule has 0 aliphatic heterocycles. The number of aromatic amines is 1. The van der Waals surface area contributed by atoms with Gasteiger partial charge in [0.1, 0.15) is 11.6 Å². The van der Waals surface area contributed by atoms with Gasteiger partial charge in [0.15, 0.2) is 0 Å². The van der Waals surface area contributed by atoms with Crippen LogP contribution in [0.1, 0.15) is 36.7 Å². The standard InChI is InChI=1S/C22H24FN5O/c1-14-6-5-7-16(12-14)20(29)25-21(26-22(2,3)4)24-19-13-18(27-28-19)15-8-10-17(23)11-9-15/h5-13H,1-4H3,(H3,24,25,26,27,28,29). The van der Waals surface area contributed by atoms with E-state index in [0.29, 0.717) is 23.0 Å². The number of H-pyrrole nitrogens is 1. The average molecular weight is 393 g/mol. The van der Waals surface area contributed by atoms with Crippen molar-refractivity contribution in [2.75, 3.05) is 5.32 Å². The highest BCUT2D eigenvalue weighted by Crippen LogP contribution is 2.20. The summed E-state index contributed by atoms with van der Waals surface area (Å²) in [7, 11) is 0. The van der Waals surface area contributed by atoms with Crippen LogP contribution >= 0.6 is 0 Å². The van der Waals surface area contributed by atoms with E-state index in [-0.39, 0.29) is 17.3 Å². The van der Waals surface area contributed by atoms with Crippen molar-refractivity contribution in [3.63, 3.8) is 0 Å². The van der Waals surface area contributed by atoms with E-state index in [4.69, 9.17) is 0 Å². The Balaban J connectivity index is 1.84. The molecule has 0 bridgehead atoms. The molecule has 0 radical (unpaired) electrons. The Hall–Kier alpha value is -3.48. The van der Waals surface area contributed by atoms with Gasteiger partial charge in [-0.2, -0.15) is 10.1 Å². The third-order valence-electron chi connectivity index (χ3n) is 3.94. The fourth-order valence-corrected chi connectivity index (χ4v) is 2.67. The van der Waals surface area contributed by atoms with Crippen molar-refractivity contribution in [1.29, 1.82) is 0 Å². The molecular weight excluding hydrogens is 369 g/mol. The molecular formula is C22H24FN5O. The molecule has 0 spiro atoms. The van der Waals surface area contributed by atoms with Gasteiger partial charge >= 0.3 is 0 Å². The van der Waals surface area contributed by atoms with Crippen LogP contribution in [0.5, 0.6) is 0 Å². The molecule has 1 heterocycles. The van der Waals surface area contributed by atoms with Crippen LogP contribution in [0.25, 0.3) is 11.3 Å². The van der Waals surface area contributed by atoms with Gasteiger partial charge in [0, 0.05) is 22.7 Å². The van der Waals surface area contributed by atoms with Crippen LogP contribution in [0.2, 0.25) is 0 Å². The monoisotopic (exact) mass is 393 g/mol. The number of aryl methyl sites for hydroxylation is 1. The van der Waals surface area contributed by atoms with Gasteiger partial charge in [-0.3, -0.25) is 9.89 Å². The van der Waals surface area contributed by atoms with E-state index in [2.05, 4.69) is 25.8 Å². The molecule has 0 aliphatic rings. The summed E-state index contributed by atoms with van der Waals surface area (Å²) in [5.41, 5.74) is 2.60. The lowest BCUT2D eigenvalue weighted by molar-refractivity contribution is 0.100. The molecule has 0 aliphatic carbocycles. The SMILES string of the molecule is Cc1cccc(C(=O)/N=C(\Nc2cc(-c3ccc(F)cc3)n[nH]2)NC(C)(C)C)c1. The maximum atomic E-state index is 13.1. The Morgan fingerprint density at radius 3 is 2.48 bits per heavy atom. The number of rotatable bonds is 3. The smallest absolute Gasteiger partial charge is 0.280 e. The maximum absolute atomic E-state index is 13.1. The predicted molar refractivity (Wildman–Crippen MR) is 113 cm³/mol. The largest absolute Gasteiger partial charge is 0.351 e. The first-order chi connectivity index (χ1) is 13.7. The van der Waals surface area contributed by atoms with Gasteiger partial charge in [-0.05, 0) is 64.1 Å². The zero-order valence-corrected chi connectivity index (χ0v) is 16.9. The number of nitrogens with one attached hydrogen (secondary N) is 3. The number of anilines is 1. The zero-order valence-electron chi connectivity index (χ0n) is 16.9. The topological polar surface area (TPSA) is 82.2 Å². The first-order valence-electron chi connectivity index (χ1n) is 9.26. The molecule has 0 saturated heterocycles. The summed E-state index contributed by atoms with van der Waals surface area (Å²) in [5.74, 6) is 0.197. The first-order valence-corrected chi connectivity index (χ1v) is 9.26. The predicted octanol–water partition coefficient (Wildman–Crippen LogP) is 4.52. The molecule has 0 saturated carbocycles. The molecule has 0 atom stereocenters. The average Bonchev–Trinajstić information content (AvgIpc) is 3.09. The van der Waals surface area contributed by atoms with Gasteiger partial charge in [-0.1, -0.05) is 17.7 Å². The van der Waals surface area contributed by atoms with Crippen LogP contribution in [-0.4, -0.2) is 27.6 Å². The molecule has 3 N–H and O–H groups in total. The summed E-state index contributed by atoms with van der Waals surface area (Å²) in [4.78, 5) is 16.8. The van der Waals surface area contributed by atoms with E-state index in [9.17, 15) is 9.18 Å². The lowest BCUT2D eigenvalue weighted by Gasteiger charge is -2.23. The van der Waals surface area contributed by atoms with Crippen molar-refractivity contribution in [1.82, 2.24) is 15.5 Å². The number of carbonyl (C=O) groups excluding carboxylic acids is 1. The lowest BCUT2D eigenvalue weighted by atomic mass is 10.1. The van der Waals surface area contributed by atoms with Crippen LogP contribution in [0.15, 0.2) is 59.6 Å². The Morgan fingerprint density at radius 1 is 1.10 bits per heavy atom. The van der Waals surface area contributed by atoms with Crippen molar-refractivity contribution in [2.45, 2.75) is 33.2 Å². The highest BCUT2D eigenvalue weighted by Gasteiger charge is 2.16. The second-order valence-electron chi connectivity index (χ2n) is 7.81. The molecule has 150 valence electrons. The molecule has 6 nitrogen and oxygen atoms in total. The van der Waals surface area contributed by atoms with Crippen molar-refractivity contribution >= 4 is 17.7 Å². The summed E-state index contributed by atoms with van der Waals surface area (Å²) in [6, 6.07) is 15.1. The van der Waals surface area contributed by atoms with E-state index in [1.807, 2.05) is 39.8 Å². The normalized spacial score (nSPS) is 12.0. The molecule has 2 aromatic carbocycles. The van der Waals surface area contributed by atoms with Gasteiger partial charge in [0.05, 0.1) is 5.69 Å². The summed E-state index contributed by atoms with van der Waals surface area (Å²) < 4.78 is 13.1. The second-order valence-corrected chi connectivity index (χ2v) is 7.81. The van der Waals surface area contributed by atoms with Crippen molar-refractivity contribution in [3.8, 4) is 11.3 Å². The van der Waals surface area contributed by atoms with Crippen LogP contribution in [0.3, 0.4) is 0 Å². The Kier molecular flexibility index (Phi) is 5.77. The minimum atomic E-state index is -0.355. The number of hydrogen-bond donors (Lipinski definition) is 3. The summed E-state index contributed by atoms with van der Waals surface area (Å²) in [6.45, 7) is 7.84. The number of guanidine groups is 1. The van der Waals surface area contributed by atoms with E-state index >= 15 is 0 Å². The number of carbonyl (C=O) groups is 1. The van der Waals surface area contributed by atoms with Gasteiger partial charge in [-0.15, -0.1) is 0 Å². The van der Waals surface area contributed by atoms with Crippen LogP contribution in [0, 0.1) is 12.7 Å². The third kappa shape index (κ3) is 5.75. The number of hydrogen-bond acceptors (Lipinski definition) is 2. The maximum Gasteiger partial charge on any atom is 0.280 e. The molecule has 7 heteroatoms. The molecule has 29 heavy (non-hydrogen) atoms. The summed E-state index contributed by atoms with van der Waals surface area (Å²) in [5, 5.41) is 13.4. The van der Waals surface area contributed by atoms with Gasteiger partial charge in [-0.25, -0.2) is 4.39 Å². The number of nitrogens with zero attached hydrogens (tertiary/aromatic N) is 2. The Bertz CT molecular complexity index is 1030. The highest BCUT2D eigenvalue weighted by molar-refractivity contribution is 6.06. The van der Waals surface area contributed by atoms with Crippen LogP contribution in [-0.2, 0) is 0 Å². The van der Waals surface area contributed by atoms with Gasteiger partial charge in [0.2, 0.25) is 5.96 Å². The van der Waals surface area contributed by atoms with Crippen LogP contribution in [0.4, 0.5) is 10.2 Å². The minimum absolute atomic E-state index is 0.304. The van der Waals surface area contributed by atoms with E-state index in [1.54, 1.807) is 30.3 Å². The third-order valence-corrected chi connectivity index (χ3v) is 3.94. The zero-order chi connectivity index (χ0) is 21.0. The second kappa shape index (κ2) is 8.26. The summed E-state index contributed by atoms with van der Waals surface area (Å²) >= 11 is 0. The molecule has 3 aromatic rings. The molecule has 1 aromatic heterocycles. The van der Waals surface area contributed by atoms with Gasteiger partial charge in [0.25, 0.3) is 5.91 Å². The van der Waals surface area contributed by atoms with Crippen LogP contribution < -0.4 is 10.6 Å². The minimum Gasteiger partial charge on any atom is -0.351 e. The van der Waals surface area contributed by atoms with E-state index in [1.165, 1.54) is 12.1 Å². The number of amides is 1. The highest BCUT2D eigenvalue weighted by atomic mass is 19.1. The van der Waals surface area contributed by atoms with E-state index < -0.39 is 0 Å². The molecule has 0 unspecified atom stereocenters. The molecule has 0 fully saturated rings. The van der Waals surface area contributed by atoms with Crippen molar-refractivity contribution < 1.29 is 9.18 Å². The number of aromatic nitrogens is 2. The Labute approximate surface area is 169 Å². The van der Waals surface area contributed by atoms with Crippen molar-refractivity contribution in [2.24, 2.45) is 4.99 Å². The van der Waals surface area contributed by atoms with Gasteiger partial charge < -0.3 is 10.6 Å². The van der Waals surface area contributed by atoms with Crippen molar-refractivity contribution in [3.05, 3.63) is 71.5 Å². The molecule has 1 amide bonds. The summed E-state index contributed by atoms with van der Waals surface area (Å²) in [6.07, 6.45) is 0. The quantitative estimate of drug-likeness (QED) is 0.451. The Morgan fingerprint density at radius 2 is 1.83 bits per heavy atom. The number of benzene rings is 2. The number of halogens is 1.